The molecule has 0 aliphatic heterocycles. The Labute approximate surface area is 88.0 Å². The molecule has 3 unspecified atom stereocenters. The lowest BCUT2D eigenvalue weighted by Crippen LogP contribution is -2.21. The summed E-state index contributed by atoms with van der Waals surface area (Å²) in [5.41, 5.74) is 8.27. The first-order valence-electron chi connectivity index (χ1n) is 4.38. The maximum Gasteiger partial charge on any atom is 0.350 e. The van der Waals surface area contributed by atoms with E-state index in [1.165, 1.54) is 0 Å². The van der Waals surface area contributed by atoms with Gasteiger partial charge in [0.05, 0.1) is 20.0 Å². The van der Waals surface area contributed by atoms with Crippen molar-refractivity contribution in [1.82, 2.24) is 0 Å². The van der Waals surface area contributed by atoms with E-state index >= 15 is 0 Å². The van der Waals surface area contributed by atoms with Crippen molar-refractivity contribution in [1.29, 1.82) is 0 Å². The summed E-state index contributed by atoms with van der Waals surface area (Å²) >= 11 is 0. The Bertz CT molecular complexity index is 315. The van der Waals surface area contributed by atoms with Gasteiger partial charge in [-0.2, -0.15) is 0 Å². The molecule has 0 aromatic heterocycles. The Morgan fingerprint density at radius 1 is 1.60 bits per heavy atom. The predicted octanol–water partition coefficient (Wildman–Crippen LogP) is 0.936. The van der Waals surface area contributed by atoms with Crippen molar-refractivity contribution in [3.05, 3.63) is 10.4 Å². The van der Waals surface area contributed by atoms with Gasteiger partial charge in [0.15, 0.2) is 0 Å². The normalized spacial score (nSPS) is 31.2. The standard InChI is InChI=1S/C6H11BN3O4P/c7-4-1-5(9-10-8)6(2-4)14-3-15(11,12)13/h4-6H,1-3H2,(H2,11,12,13). The van der Waals surface area contributed by atoms with Gasteiger partial charge in [0, 0.05) is 4.91 Å². The zero-order chi connectivity index (χ0) is 11.5. The van der Waals surface area contributed by atoms with E-state index in [0.717, 1.165) is 0 Å². The van der Waals surface area contributed by atoms with Crippen LogP contribution >= 0.6 is 7.60 Å². The molecule has 0 saturated heterocycles. The van der Waals surface area contributed by atoms with Crippen molar-refractivity contribution in [3.63, 3.8) is 0 Å². The fourth-order valence-electron chi connectivity index (χ4n) is 1.57. The highest BCUT2D eigenvalue weighted by Gasteiger charge is 2.33. The van der Waals surface area contributed by atoms with Crippen LogP contribution in [-0.4, -0.2) is 36.1 Å². The summed E-state index contributed by atoms with van der Waals surface area (Å²) in [5, 5.41) is 3.48. The molecule has 2 N–H and O–H groups in total. The average Bonchev–Trinajstić information content (AvgIpc) is 2.42. The maximum atomic E-state index is 10.6. The monoisotopic (exact) mass is 231 g/mol. The van der Waals surface area contributed by atoms with E-state index in [2.05, 4.69) is 10.0 Å². The quantitative estimate of drug-likeness (QED) is 0.246. The Kier molecular flexibility index (Phi) is 4.19. The second kappa shape index (κ2) is 5.01. The van der Waals surface area contributed by atoms with Gasteiger partial charge in [0.2, 0.25) is 0 Å². The third kappa shape index (κ3) is 4.24. The van der Waals surface area contributed by atoms with Crippen molar-refractivity contribution in [3.8, 4) is 0 Å². The molecule has 0 spiro atoms. The van der Waals surface area contributed by atoms with Crippen LogP contribution in [0.5, 0.6) is 0 Å². The molecule has 7 nitrogen and oxygen atoms in total. The minimum absolute atomic E-state index is 0.151. The second-order valence-corrected chi connectivity index (χ2v) is 5.09. The molecule has 0 aromatic rings. The first-order valence-corrected chi connectivity index (χ1v) is 6.18. The number of nitrogens with zero attached hydrogens (tertiary/aromatic N) is 3. The lowest BCUT2D eigenvalue weighted by molar-refractivity contribution is 0.0695. The third-order valence-electron chi connectivity index (χ3n) is 2.17. The highest BCUT2D eigenvalue weighted by molar-refractivity contribution is 7.51. The molecule has 82 valence electrons. The van der Waals surface area contributed by atoms with Gasteiger partial charge in [-0.1, -0.05) is 10.9 Å². The molecule has 1 aliphatic carbocycles. The van der Waals surface area contributed by atoms with Crippen LogP contribution in [0.3, 0.4) is 0 Å². The van der Waals surface area contributed by atoms with E-state index in [1.807, 2.05) is 0 Å². The third-order valence-corrected chi connectivity index (χ3v) is 2.65. The molecule has 0 bridgehead atoms. The molecule has 0 amide bonds. The smallest absolute Gasteiger partial charge is 0.350 e. The summed E-state index contributed by atoms with van der Waals surface area (Å²) in [7, 11) is 1.45. The lowest BCUT2D eigenvalue weighted by atomic mass is 9.86. The molecule has 1 aliphatic rings. The molecule has 0 aromatic carbocycles. The zero-order valence-corrected chi connectivity index (χ0v) is 8.82. The highest BCUT2D eigenvalue weighted by Crippen LogP contribution is 2.38. The van der Waals surface area contributed by atoms with Gasteiger partial charge in [-0.15, -0.1) is 0 Å². The zero-order valence-electron chi connectivity index (χ0n) is 7.93. The van der Waals surface area contributed by atoms with Crippen molar-refractivity contribution < 1.29 is 19.1 Å². The van der Waals surface area contributed by atoms with E-state index in [0.29, 0.717) is 12.8 Å². The molecule has 1 fully saturated rings. The van der Waals surface area contributed by atoms with Crippen LogP contribution in [0.25, 0.3) is 10.4 Å². The summed E-state index contributed by atoms with van der Waals surface area (Å²) in [4.78, 5) is 19.9. The topological polar surface area (TPSA) is 116 Å². The van der Waals surface area contributed by atoms with E-state index in [9.17, 15) is 4.57 Å². The molecule has 3 atom stereocenters. The second-order valence-electron chi connectivity index (χ2n) is 3.50. The molecule has 1 saturated carbocycles. The molecule has 2 radical (unpaired) electrons. The molecular formula is C6H11BN3O4P. The van der Waals surface area contributed by atoms with Gasteiger partial charge in [-0.25, -0.2) is 0 Å². The van der Waals surface area contributed by atoms with E-state index in [-0.39, 0.29) is 5.82 Å². The summed E-state index contributed by atoms with van der Waals surface area (Å²) in [6.07, 6.45) is -0.231. The number of hydrogen-bond acceptors (Lipinski definition) is 3. The summed E-state index contributed by atoms with van der Waals surface area (Å²) in [5.74, 6) is -0.151. The molecular weight excluding hydrogens is 220 g/mol. The van der Waals surface area contributed by atoms with Crippen LogP contribution in [0, 0.1) is 0 Å². The largest absolute Gasteiger partial charge is 0.365 e. The molecule has 9 heteroatoms. The summed E-state index contributed by atoms with van der Waals surface area (Å²) < 4.78 is 15.6. The maximum absolute atomic E-state index is 10.6. The Hall–Kier alpha value is -0.515. The van der Waals surface area contributed by atoms with E-state index < -0.39 is 26.1 Å². The number of ether oxygens (including phenoxy) is 1. The molecule has 1 rings (SSSR count). The van der Waals surface area contributed by atoms with Gasteiger partial charge < -0.3 is 14.5 Å². The van der Waals surface area contributed by atoms with Crippen LogP contribution in [0.2, 0.25) is 5.82 Å². The predicted molar refractivity (Wildman–Crippen MR) is 53.5 cm³/mol. The van der Waals surface area contributed by atoms with E-state index in [4.69, 9.17) is 27.9 Å². The van der Waals surface area contributed by atoms with Gasteiger partial charge >= 0.3 is 7.60 Å². The van der Waals surface area contributed by atoms with Gasteiger partial charge in [-0.05, 0) is 18.4 Å². The van der Waals surface area contributed by atoms with Gasteiger partial charge in [0.1, 0.15) is 6.35 Å². The first kappa shape index (κ1) is 12.6. The number of azide groups is 1. The van der Waals surface area contributed by atoms with Gasteiger partial charge in [0.25, 0.3) is 0 Å². The van der Waals surface area contributed by atoms with E-state index in [1.54, 1.807) is 0 Å². The minimum atomic E-state index is -4.18. The first-order chi connectivity index (χ1) is 6.92. The van der Waals surface area contributed by atoms with Crippen LogP contribution in [0.1, 0.15) is 12.8 Å². The van der Waals surface area contributed by atoms with Crippen LogP contribution < -0.4 is 0 Å². The Balaban J connectivity index is 2.52. The Morgan fingerprint density at radius 3 is 2.80 bits per heavy atom. The fourth-order valence-corrected chi connectivity index (χ4v) is 1.96. The lowest BCUT2D eigenvalue weighted by Gasteiger charge is -2.16. The number of hydrogen-bond donors (Lipinski definition) is 2. The molecule has 0 heterocycles. The molecule has 15 heavy (non-hydrogen) atoms. The number of rotatable bonds is 4. The highest BCUT2D eigenvalue weighted by atomic mass is 31.2. The van der Waals surface area contributed by atoms with Crippen molar-refractivity contribution in [2.24, 2.45) is 5.11 Å². The SMILES string of the molecule is [B]C1CC(N=[N+]=[N-])C(OCP(=O)(O)O)C1. The summed E-state index contributed by atoms with van der Waals surface area (Å²) in [6.45, 7) is 0. The van der Waals surface area contributed by atoms with Crippen LogP contribution in [-0.2, 0) is 9.30 Å². The van der Waals surface area contributed by atoms with Crippen molar-refractivity contribution in [2.45, 2.75) is 30.8 Å². The fraction of sp³-hybridized carbons (Fsp3) is 1.00. The Morgan fingerprint density at radius 2 is 2.27 bits per heavy atom. The van der Waals surface area contributed by atoms with Crippen LogP contribution in [0.4, 0.5) is 0 Å². The summed E-state index contributed by atoms with van der Waals surface area (Å²) in [6, 6.07) is -0.434. The van der Waals surface area contributed by atoms with Crippen molar-refractivity contribution >= 4 is 15.4 Å². The van der Waals surface area contributed by atoms with Gasteiger partial charge in [-0.3, -0.25) is 4.57 Å². The minimum Gasteiger partial charge on any atom is -0.365 e. The van der Waals surface area contributed by atoms with Crippen molar-refractivity contribution in [2.75, 3.05) is 6.35 Å². The average molecular weight is 231 g/mol. The van der Waals surface area contributed by atoms with Crippen LogP contribution in [0.15, 0.2) is 5.11 Å².